The molecule has 0 saturated carbocycles. The van der Waals surface area contributed by atoms with E-state index in [1.54, 1.807) is 13.2 Å². The summed E-state index contributed by atoms with van der Waals surface area (Å²) in [7, 11) is 3.69. The molecule has 0 radical (unpaired) electrons. The molecule has 6 nitrogen and oxygen atoms in total. The summed E-state index contributed by atoms with van der Waals surface area (Å²) in [6, 6.07) is 0. The van der Waals surface area contributed by atoms with E-state index in [-0.39, 0.29) is 12.4 Å². The second kappa shape index (κ2) is 4.19. The standard InChI is InChI=1S/C7H10N6.ClH/c1-12-4-3-8-7(12)5-6-9-11-13(2)10-6;/h3-4H,5H2,1-2H3;1H. The van der Waals surface area contributed by atoms with Gasteiger partial charge in [-0.3, -0.25) is 0 Å². The van der Waals surface area contributed by atoms with Gasteiger partial charge < -0.3 is 4.57 Å². The average Bonchev–Trinajstić information content (AvgIpc) is 2.64. The van der Waals surface area contributed by atoms with E-state index in [2.05, 4.69) is 20.4 Å². The third kappa shape index (κ3) is 2.08. The number of tetrazole rings is 1. The summed E-state index contributed by atoms with van der Waals surface area (Å²) in [5.41, 5.74) is 0. The first kappa shape index (κ1) is 10.6. The van der Waals surface area contributed by atoms with Crippen molar-refractivity contribution in [3.05, 3.63) is 24.0 Å². The zero-order valence-electron chi connectivity index (χ0n) is 7.95. The third-order valence-corrected chi connectivity index (χ3v) is 1.79. The van der Waals surface area contributed by atoms with Crippen LogP contribution < -0.4 is 0 Å². The molecule has 2 aromatic heterocycles. The molecule has 0 fully saturated rings. The lowest BCUT2D eigenvalue weighted by Gasteiger charge is -1.95. The van der Waals surface area contributed by atoms with Gasteiger partial charge in [0.1, 0.15) is 5.82 Å². The number of nitrogens with zero attached hydrogens (tertiary/aromatic N) is 6. The molecule has 0 aliphatic carbocycles. The smallest absolute Gasteiger partial charge is 0.182 e. The molecule has 14 heavy (non-hydrogen) atoms. The summed E-state index contributed by atoms with van der Waals surface area (Å²) in [6.07, 6.45) is 4.27. The number of hydrogen-bond acceptors (Lipinski definition) is 4. The molecular formula is C7H11ClN6. The summed E-state index contributed by atoms with van der Waals surface area (Å²) in [6.45, 7) is 0. The molecule has 2 heterocycles. The first-order valence-electron chi connectivity index (χ1n) is 3.95. The van der Waals surface area contributed by atoms with Crippen LogP contribution in [0.25, 0.3) is 0 Å². The van der Waals surface area contributed by atoms with Gasteiger partial charge in [-0.15, -0.1) is 22.6 Å². The van der Waals surface area contributed by atoms with Crippen LogP contribution in [0.1, 0.15) is 11.6 Å². The first-order chi connectivity index (χ1) is 6.25. The molecule has 0 amide bonds. The van der Waals surface area contributed by atoms with Crippen LogP contribution in [-0.2, 0) is 20.5 Å². The van der Waals surface area contributed by atoms with Crippen molar-refractivity contribution < 1.29 is 0 Å². The second-order valence-corrected chi connectivity index (χ2v) is 2.83. The van der Waals surface area contributed by atoms with Gasteiger partial charge in [-0.05, 0) is 5.21 Å². The Hall–Kier alpha value is -1.43. The number of aromatic nitrogens is 6. The van der Waals surface area contributed by atoms with Gasteiger partial charge in [-0.25, -0.2) is 4.98 Å². The molecule has 7 heteroatoms. The van der Waals surface area contributed by atoms with Gasteiger partial charge in [0.2, 0.25) is 0 Å². The van der Waals surface area contributed by atoms with Gasteiger partial charge in [0.25, 0.3) is 0 Å². The van der Waals surface area contributed by atoms with E-state index >= 15 is 0 Å². The van der Waals surface area contributed by atoms with Gasteiger partial charge in [0.05, 0.1) is 13.5 Å². The highest BCUT2D eigenvalue weighted by molar-refractivity contribution is 5.85. The number of rotatable bonds is 2. The van der Waals surface area contributed by atoms with Crippen LogP contribution >= 0.6 is 12.4 Å². The van der Waals surface area contributed by atoms with Gasteiger partial charge >= 0.3 is 0 Å². The molecule has 0 aliphatic rings. The van der Waals surface area contributed by atoms with Crippen molar-refractivity contribution in [2.24, 2.45) is 14.1 Å². The van der Waals surface area contributed by atoms with Gasteiger partial charge in [0, 0.05) is 19.4 Å². The maximum atomic E-state index is 4.17. The monoisotopic (exact) mass is 214 g/mol. The van der Waals surface area contributed by atoms with E-state index < -0.39 is 0 Å². The average molecular weight is 215 g/mol. The summed E-state index contributed by atoms with van der Waals surface area (Å²) < 4.78 is 1.94. The molecule has 0 atom stereocenters. The fourth-order valence-corrected chi connectivity index (χ4v) is 1.10. The highest BCUT2D eigenvalue weighted by atomic mass is 35.5. The third-order valence-electron chi connectivity index (χ3n) is 1.79. The van der Waals surface area contributed by atoms with Gasteiger partial charge in [0.15, 0.2) is 5.82 Å². The number of halogens is 1. The van der Waals surface area contributed by atoms with Crippen molar-refractivity contribution >= 4 is 12.4 Å². The minimum atomic E-state index is 0. The van der Waals surface area contributed by atoms with Crippen molar-refractivity contribution in [3.63, 3.8) is 0 Å². The summed E-state index contributed by atoms with van der Waals surface area (Å²) >= 11 is 0. The van der Waals surface area contributed by atoms with Crippen molar-refractivity contribution in [2.75, 3.05) is 0 Å². The SMILES string of the molecule is Cl.Cn1nnc(Cc2nccn2C)n1. The molecule has 2 aromatic rings. The normalized spacial score (nSPS) is 9.86. The fourth-order valence-electron chi connectivity index (χ4n) is 1.10. The number of hydrogen-bond donors (Lipinski definition) is 0. The molecule has 0 N–H and O–H groups in total. The topological polar surface area (TPSA) is 61.4 Å². The summed E-state index contributed by atoms with van der Waals surface area (Å²) in [5.74, 6) is 1.63. The minimum Gasteiger partial charge on any atom is -0.338 e. The van der Waals surface area contributed by atoms with Crippen LogP contribution in [0, 0.1) is 0 Å². The maximum absolute atomic E-state index is 4.17. The predicted octanol–water partition coefficient (Wildman–Crippen LogP) is -0.0438. The zero-order chi connectivity index (χ0) is 9.26. The maximum Gasteiger partial charge on any atom is 0.182 e. The zero-order valence-corrected chi connectivity index (χ0v) is 8.77. The van der Waals surface area contributed by atoms with Crippen LogP contribution in [0.15, 0.2) is 12.4 Å². The molecule has 0 bridgehead atoms. The highest BCUT2D eigenvalue weighted by Crippen LogP contribution is 1.99. The van der Waals surface area contributed by atoms with Crippen LogP contribution in [0.3, 0.4) is 0 Å². The molecular weight excluding hydrogens is 204 g/mol. The number of aryl methyl sites for hydroxylation is 2. The Kier molecular flexibility index (Phi) is 3.19. The molecule has 0 spiro atoms. The summed E-state index contributed by atoms with van der Waals surface area (Å²) in [4.78, 5) is 5.61. The Balaban J connectivity index is 0.000000980. The molecule has 0 aliphatic heterocycles. The highest BCUT2D eigenvalue weighted by Gasteiger charge is 2.05. The Bertz CT molecular complexity index is 406. The van der Waals surface area contributed by atoms with E-state index in [0.717, 1.165) is 5.82 Å². The van der Waals surface area contributed by atoms with Crippen molar-refractivity contribution in [1.29, 1.82) is 0 Å². The first-order valence-corrected chi connectivity index (χ1v) is 3.95. The van der Waals surface area contributed by atoms with E-state index in [1.807, 2.05) is 17.8 Å². The minimum absolute atomic E-state index is 0. The second-order valence-electron chi connectivity index (χ2n) is 2.83. The molecule has 76 valence electrons. The Morgan fingerprint density at radius 3 is 2.64 bits per heavy atom. The van der Waals surface area contributed by atoms with Crippen molar-refractivity contribution in [3.8, 4) is 0 Å². The van der Waals surface area contributed by atoms with Crippen molar-refractivity contribution in [2.45, 2.75) is 6.42 Å². The quantitative estimate of drug-likeness (QED) is 0.704. The molecule has 0 unspecified atom stereocenters. The predicted molar refractivity (Wildman–Crippen MR) is 52.1 cm³/mol. The van der Waals surface area contributed by atoms with Crippen LogP contribution in [0.5, 0.6) is 0 Å². The molecule has 0 aromatic carbocycles. The lowest BCUT2D eigenvalue weighted by atomic mass is 10.4. The lowest BCUT2D eigenvalue weighted by Crippen LogP contribution is -2.00. The van der Waals surface area contributed by atoms with Crippen LogP contribution in [0.4, 0.5) is 0 Å². The number of imidazole rings is 1. The van der Waals surface area contributed by atoms with Crippen LogP contribution in [-0.4, -0.2) is 29.8 Å². The van der Waals surface area contributed by atoms with E-state index in [4.69, 9.17) is 0 Å². The van der Waals surface area contributed by atoms with Gasteiger partial charge in [-0.1, -0.05) is 0 Å². The van der Waals surface area contributed by atoms with E-state index in [1.165, 1.54) is 4.80 Å². The largest absolute Gasteiger partial charge is 0.338 e. The van der Waals surface area contributed by atoms with Crippen LogP contribution in [0.2, 0.25) is 0 Å². The van der Waals surface area contributed by atoms with Crippen molar-refractivity contribution in [1.82, 2.24) is 29.8 Å². The lowest BCUT2D eigenvalue weighted by molar-refractivity contribution is 0.627. The van der Waals surface area contributed by atoms with E-state index in [0.29, 0.717) is 12.2 Å². The Morgan fingerprint density at radius 1 is 1.36 bits per heavy atom. The Labute approximate surface area is 87.4 Å². The van der Waals surface area contributed by atoms with E-state index in [9.17, 15) is 0 Å². The summed E-state index contributed by atoms with van der Waals surface area (Å²) in [5, 5.41) is 11.7. The molecule has 2 rings (SSSR count). The Morgan fingerprint density at radius 2 is 2.14 bits per heavy atom. The fraction of sp³-hybridized carbons (Fsp3) is 0.429. The van der Waals surface area contributed by atoms with Gasteiger partial charge in [-0.2, -0.15) is 4.80 Å². The molecule has 0 saturated heterocycles.